The summed E-state index contributed by atoms with van der Waals surface area (Å²) in [7, 11) is -3.35. The normalized spacial score (nSPS) is 11.1. The van der Waals surface area contributed by atoms with Crippen LogP contribution in [0.1, 0.15) is 16.7 Å². The fourth-order valence-corrected chi connectivity index (χ4v) is 3.55. The van der Waals surface area contributed by atoms with Gasteiger partial charge in [-0.25, -0.2) is 8.42 Å². The zero-order valence-electron chi connectivity index (χ0n) is 16.4. The highest BCUT2D eigenvalue weighted by molar-refractivity contribution is 7.90. The van der Waals surface area contributed by atoms with Gasteiger partial charge in [0.15, 0.2) is 16.4 Å². The van der Waals surface area contributed by atoms with Gasteiger partial charge in [-0.15, -0.1) is 0 Å². The minimum Gasteiger partial charge on any atom is -0.483 e. The quantitative estimate of drug-likeness (QED) is 0.640. The summed E-state index contributed by atoms with van der Waals surface area (Å²) in [6.07, 6.45) is 1.84. The summed E-state index contributed by atoms with van der Waals surface area (Å²) in [6, 6.07) is 22.3. The van der Waals surface area contributed by atoms with Gasteiger partial charge in [-0.1, -0.05) is 54.6 Å². The van der Waals surface area contributed by atoms with E-state index in [1.54, 1.807) is 13.0 Å². The summed E-state index contributed by atoms with van der Waals surface area (Å²) in [5.74, 6) is 0.293. The molecular weight excluding hydrogens is 386 g/mol. The number of amides is 1. The fraction of sp³-hybridized carbons (Fsp3) is 0.174. The molecule has 29 heavy (non-hydrogen) atoms. The zero-order chi connectivity index (χ0) is 20.9. The standard InChI is InChI=1S/C23H23NO4S/c1-17-12-13-20(29(2,26)27)15-21(17)24-23(25)16-28-22-11-7-6-10-19(22)14-18-8-4-3-5-9-18/h3-13,15H,14,16H2,1-2H3,(H,24,25). The molecular formula is C23H23NO4S. The Labute approximate surface area is 171 Å². The summed E-state index contributed by atoms with van der Waals surface area (Å²) in [6.45, 7) is 1.63. The van der Waals surface area contributed by atoms with Crippen molar-refractivity contribution < 1.29 is 17.9 Å². The van der Waals surface area contributed by atoms with Gasteiger partial charge in [-0.2, -0.15) is 0 Å². The minimum absolute atomic E-state index is 0.160. The van der Waals surface area contributed by atoms with Crippen LogP contribution in [0.25, 0.3) is 0 Å². The highest BCUT2D eigenvalue weighted by Gasteiger charge is 2.12. The van der Waals surface area contributed by atoms with Gasteiger partial charge in [0, 0.05) is 18.4 Å². The Morgan fingerprint density at radius 3 is 2.38 bits per heavy atom. The Hall–Kier alpha value is -3.12. The van der Waals surface area contributed by atoms with Gasteiger partial charge in [0.1, 0.15) is 5.75 Å². The maximum atomic E-state index is 12.4. The second-order valence-electron chi connectivity index (χ2n) is 6.86. The molecule has 1 amide bonds. The van der Waals surface area contributed by atoms with Crippen LogP contribution in [0.3, 0.4) is 0 Å². The number of sulfone groups is 1. The molecule has 0 aliphatic carbocycles. The molecule has 0 atom stereocenters. The van der Waals surface area contributed by atoms with Gasteiger partial charge >= 0.3 is 0 Å². The van der Waals surface area contributed by atoms with E-state index in [4.69, 9.17) is 4.74 Å². The SMILES string of the molecule is Cc1ccc(S(C)(=O)=O)cc1NC(=O)COc1ccccc1Cc1ccccc1. The number of carbonyl (C=O) groups is 1. The van der Waals surface area contributed by atoms with Gasteiger partial charge in [0.2, 0.25) is 0 Å². The van der Waals surface area contributed by atoms with E-state index in [0.29, 0.717) is 17.9 Å². The third-order valence-electron chi connectivity index (χ3n) is 4.48. The fourth-order valence-electron chi connectivity index (χ4n) is 2.90. The monoisotopic (exact) mass is 409 g/mol. The van der Waals surface area contributed by atoms with E-state index in [9.17, 15) is 13.2 Å². The average Bonchev–Trinajstić information content (AvgIpc) is 2.69. The van der Waals surface area contributed by atoms with E-state index in [0.717, 1.165) is 22.9 Å². The number of ether oxygens (including phenoxy) is 1. The maximum Gasteiger partial charge on any atom is 0.262 e. The van der Waals surface area contributed by atoms with Gasteiger partial charge in [0.05, 0.1) is 4.90 Å². The molecule has 0 spiro atoms. The molecule has 5 nitrogen and oxygen atoms in total. The summed E-state index contributed by atoms with van der Waals surface area (Å²) in [5.41, 5.74) is 3.37. The van der Waals surface area contributed by atoms with Crippen LogP contribution in [-0.2, 0) is 21.1 Å². The van der Waals surface area contributed by atoms with Crippen molar-refractivity contribution in [2.75, 3.05) is 18.2 Å². The van der Waals surface area contributed by atoms with E-state index in [-0.39, 0.29) is 17.4 Å². The first-order chi connectivity index (χ1) is 13.8. The molecule has 0 aliphatic rings. The van der Waals surface area contributed by atoms with Crippen molar-refractivity contribution in [1.82, 2.24) is 0 Å². The highest BCUT2D eigenvalue weighted by atomic mass is 32.2. The number of aryl methyl sites for hydroxylation is 1. The van der Waals surface area contributed by atoms with Gasteiger partial charge in [-0.05, 0) is 41.8 Å². The molecule has 0 saturated carbocycles. The molecule has 0 unspecified atom stereocenters. The Bertz CT molecular complexity index is 1110. The smallest absolute Gasteiger partial charge is 0.262 e. The molecule has 3 aromatic rings. The average molecular weight is 410 g/mol. The van der Waals surface area contributed by atoms with E-state index in [2.05, 4.69) is 5.32 Å². The number of hydrogen-bond acceptors (Lipinski definition) is 4. The first kappa shape index (κ1) is 20.6. The Balaban J connectivity index is 1.68. The molecule has 6 heteroatoms. The second-order valence-corrected chi connectivity index (χ2v) is 8.87. The van der Waals surface area contributed by atoms with Crippen LogP contribution in [-0.4, -0.2) is 27.2 Å². The van der Waals surface area contributed by atoms with Crippen molar-refractivity contribution in [2.45, 2.75) is 18.2 Å². The first-order valence-corrected chi connectivity index (χ1v) is 11.1. The number of para-hydroxylation sites is 1. The Morgan fingerprint density at radius 2 is 1.66 bits per heavy atom. The van der Waals surface area contributed by atoms with Crippen molar-refractivity contribution in [3.8, 4) is 5.75 Å². The maximum absolute atomic E-state index is 12.4. The summed E-state index contributed by atoms with van der Waals surface area (Å²) >= 11 is 0. The van der Waals surface area contributed by atoms with Crippen LogP contribution in [0.15, 0.2) is 77.7 Å². The van der Waals surface area contributed by atoms with Crippen LogP contribution in [0, 0.1) is 6.92 Å². The third kappa shape index (κ3) is 5.68. The van der Waals surface area contributed by atoms with Crippen molar-refractivity contribution in [3.05, 3.63) is 89.5 Å². The predicted molar refractivity (Wildman–Crippen MR) is 114 cm³/mol. The molecule has 0 heterocycles. The van der Waals surface area contributed by atoms with Crippen LogP contribution in [0.2, 0.25) is 0 Å². The molecule has 0 fully saturated rings. The molecule has 0 aromatic heterocycles. The molecule has 0 bridgehead atoms. The molecule has 0 aliphatic heterocycles. The van der Waals surface area contributed by atoms with Crippen LogP contribution in [0.5, 0.6) is 5.75 Å². The number of nitrogens with one attached hydrogen (secondary N) is 1. The van der Waals surface area contributed by atoms with Gasteiger partial charge in [0.25, 0.3) is 5.91 Å². The summed E-state index contributed by atoms with van der Waals surface area (Å²) in [4.78, 5) is 12.5. The predicted octanol–water partition coefficient (Wildman–Crippen LogP) is 4.01. The molecule has 1 N–H and O–H groups in total. The zero-order valence-corrected chi connectivity index (χ0v) is 17.2. The van der Waals surface area contributed by atoms with Gasteiger partial charge in [-0.3, -0.25) is 4.79 Å². The van der Waals surface area contributed by atoms with Crippen molar-refractivity contribution in [3.63, 3.8) is 0 Å². The van der Waals surface area contributed by atoms with Crippen LogP contribution in [0.4, 0.5) is 5.69 Å². The number of anilines is 1. The van der Waals surface area contributed by atoms with Crippen molar-refractivity contribution in [2.24, 2.45) is 0 Å². The van der Waals surface area contributed by atoms with Crippen molar-refractivity contribution >= 4 is 21.4 Å². The first-order valence-electron chi connectivity index (χ1n) is 9.18. The number of hydrogen-bond donors (Lipinski definition) is 1. The Morgan fingerprint density at radius 1 is 0.966 bits per heavy atom. The van der Waals surface area contributed by atoms with Crippen LogP contribution >= 0.6 is 0 Å². The van der Waals surface area contributed by atoms with E-state index >= 15 is 0 Å². The topological polar surface area (TPSA) is 72.5 Å². The summed E-state index contributed by atoms with van der Waals surface area (Å²) in [5, 5.41) is 2.73. The van der Waals surface area contributed by atoms with E-state index < -0.39 is 9.84 Å². The number of benzene rings is 3. The molecule has 0 saturated heterocycles. The Kier molecular flexibility index (Phi) is 6.34. The lowest BCUT2D eigenvalue weighted by molar-refractivity contribution is -0.118. The third-order valence-corrected chi connectivity index (χ3v) is 5.59. The second kappa shape index (κ2) is 8.92. The summed E-state index contributed by atoms with van der Waals surface area (Å²) < 4.78 is 29.2. The van der Waals surface area contributed by atoms with Crippen LogP contribution < -0.4 is 10.1 Å². The number of rotatable bonds is 7. The highest BCUT2D eigenvalue weighted by Crippen LogP contribution is 2.22. The molecule has 0 radical (unpaired) electrons. The minimum atomic E-state index is -3.35. The molecule has 3 rings (SSSR count). The molecule has 3 aromatic carbocycles. The van der Waals surface area contributed by atoms with Crippen molar-refractivity contribution in [1.29, 1.82) is 0 Å². The lowest BCUT2D eigenvalue weighted by Crippen LogP contribution is -2.21. The lowest BCUT2D eigenvalue weighted by Gasteiger charge is -2.13. The number of carbonyl (C=O) groups excluding carboxylic acids is 1. The van der Waals surface area contributed by atoms with Gasteiger partial charge < -0.3 is 10.1 Å². The van der Waals surface area contributed by atoms with E-state index in [1.807, 2.05) is 54.6 Å². The van der Waals surface area contributed by atoms with E-state index in [1.165, 1.54) is 12.1 Å². The molecule has 150 valence electrons. The largest absolute Gasteiger partial charge is 0.483 e. The lowest BCUT2D eigenvalue weighted by atomic mass is 10.0.